The third-order valence-electron chi connectivity index (χ3n) is 4.21. The zero-order valence-corrected chi connectivity index (χ0v) is 12.8. The lowest BCUT2D eigenvalue weighted by Gasteiger charge is -2.35. The van der Waals surface area contributed by atoms with Crippen molar-refractivity contribution in [3.63, 3.8) is 0 Å². The molecule has 2 rings (SSSR count). The predicted molar refractivity (Wildman–Crippen MR) is 85.0 cm³/mol. The number of carbonyl (C=O) groups excluding carboxylic acids is 1. The van der Waals surface area contributed by atoms with Gasteiger partial charge in [-0.1, -0.05) is 81.4 Å². The molecule has 0 aliphatic rings. The van der Waals surface area contributed by atoms with Crippen LogP contribution in [0.3, 0.4) is 0 Å². The molecule has 2 nitrogen and oxygen atoms in total. The lowest BCUT2D eigenvalue weighted by atomic mass is 9.71. The number of benzene rings is 2. The predicted octanol–water partition coefficient (Wildman–Crippen LogP) is 3.93. The molecule has 0 saturated carbocycles. The molecule has 0 bridgehead atoms. The lowest BCUT2D eigenvalue weighted by Crippen LogP contribution is -2.44. The van der Waals surface area contributed by atoms with Crippen LogP contribution in [0.25, 0.3) is 0 Å². The first-order chi connectivity index (χ1) is 9.93. The number of rotatable bonds is 5. The fraction of sp³-hybridized carbons (Fsp3) is 0.316. The maximum atomic E-state index is 13.1. The van der Waals surface area contributed by atoms with E-state index in [4.69, 9.17) is 0 Å². The van der Waals surface area contributed by atoms with Gasteiger partial charge in [-0.2, -0.15) is 0 Å². The fourth-order valence-corrected chi connectivity index (χ4v) is 2.44. The maximum absolute atomic E-state index is 13.1. The minimum atomic E-state index is -1.61. The molecule has 0 fully saturated rings. The molecular formula is C19H22O2. The highest BCUT2D eigenvalue weighted by Gasteiger charge is 2.46. The van der Waals surface area contributed by atoms with Gasteiger partial charge >= 0.3 is 0 Å². The summed E-state index contributed by atoms with van der Waals surface area (Å²) in [6, 6.07) is 18.3. The van der Waals surface area contributed by atoms with E-state index in [-0.39, 0.29) is 5.78 Å². The Labute approximate surface area is 126 Å². The number of carbonyl (C=O) groups is 1. The highest BCUT2D eigenvalue weighted by molar-refractivity contribution is 5.95. The van der Waals surface area contributed by atoms with Crippen LogP contribution in [0.1, 0.15) is 38.3 Å². The van der Waals surface area contributed by atoms with Gasteiger partial charge in [-0.05, 0) is 17.5 Å². The van der Waals surface area contributed by atoms with Crippen LogP contribution in [-0.2, 0) is 10.4 Å². The fourth-order valence-electron chi connectivity index (χ4n) is 2.44. The molecule has 0 amide bonds. The Morgan fingerprint density at radius 1 is 0.905 bits per heavy atom. The standard InChI is InChI=1S/C19H22O2/c1-4-18(2,3)17(20)19(21,15-11-7-5-8-12-15)16-13-9-6-10-14-16/h5-14,21H,4H2,1-3H3. The van der Waals surface area contributed by atoms with Crippen molar-refractivity contribution in [2.45, 2.75) is 32.8 Å². The topological polar surface area (TPSA) is 37.3 Å². The Kier molecular flexibility index (Phi) is 4.29. The average molecular weight is 282 g/mol. The molecule has 110 valence electrons. The van der Waals surface area contributed by atoms with Crippen molar-refractivity contribution < 1.29 is 9.90 Å². The normalized spacial score (nSPS) is 12.2. The van der Waals surface area contributed by atoms with Gasteiger partial charge < -0.3 is 5.11 Å². The van der Waals surface area contributed by atoms with E-state index < -0.39 is 11.0 Å². The van der Waals surface area contributed by atoms with E-state index in [9.17, 15) is 9.90 Å². The van der Waals surface area contributed by atoms with E-state index in [1.54, 1.807) is 24.3 Å². The highest BCUT2D eigenvalue weighted by Crippen LogP contribution is 2.38. The number of hydrogen-bond acceptors (Lipinski definition) is 2. The molecule has 2 heteroatoms. The van der Waals surface area contributed by atoms with Gasteiger partial charge in [0.2, 0.25) is 0 Å². The Morgan fingerprint density at radius 3 is 1.62 bits per heavy atom. The molecule has 21 heavy (non-hydrogen) atoms. The summed E-state index contributed by atoms with van der Waals surface area (Å²) in [5.74, 6) is -0.171. The summed E-state index contributed by atoms with van der Waals surface area (Å²) in [5.41, 5.74) is -0.979. The molecular weight excluding hydrogens is 260 g/mol. The van der Waals surface area contributed by atoms with Crippen LogP contribution in [-0.4, -0.2) is 10.9 Å². The van der Waals surface area contributed by atoms with Crippen LogP contribution in [0, 0.1) is 5.41 Å². The van der Waals surface area contributed by atoms with E-state index in [0.717, 1.165) is 0 Å². The second kappa shape index (κ2) is 5.82. The van der Waals surface area contributed by atoms with Crippen LogP contribution in [0.15, 0.2) is 60.7 Å². The first-order valence-corrected chi connectivity index (χ1v) is 7.31. The zero-order chi connectivity index (χ0) is 15.5. The van der Waals surface area contributed by atoms with Crippen molar-refractivity contribution in [1.82, 2.24) is 0 Å². The van der Waals surface area contributed by atoms with Gasteiger partial charge in [-0.25, -0.2) is 0 Å². The number of hydrogen-bond donors (Lipinski definition) is 1. The molecule has 0 aliphatic carbocycles. The van der Waals surface area contributed by atoms with Crippen LogP contribution in [0.2, 0.25) is 0 Å². The first kappa shape index (κ1) is 15.5. The number of aliphatic hydroxyl groups is 1. The molecule has 1 N–H and O–H groups in total. The number of ketones is 1. The highest BCUT2D eigenvalue weighted by atomic mass is 16.3. The molecule has 0 atom stereocenters. The summed E-state index contributed by atoms with van der Waals surface area (Å²) >= 11 is 0. The van der Waals surface area contributed by atoms with Gasteiger partial charge in [0.15, 0.2) is 11.4 Å². The van der Waals surface area contributed by atoms with Crippen molar-refractivity contribution in [1.29, 1.82) is 0 Å². The summed E-state index contributed by atoms with van der Waals surface area (Å²) in [6.45, 7) is 5.73. The molecule has 0 spiro atoms. The third-order valence-corrected chi connectivity index (χ3v) is 4.21. The minimum absolute atomic E-state index is 0.171. The van der Waals surface area contributed by atoms with E-state index in [2.05, 4.69) is 0 Å². The quantitative estimate of drug-likeness (QED) is 0.902. The zero-order valence-electron chi connectivity index (χ0n) is 12.8. The van der Waals surface area contributed by atoms with Crippen molar-refractivity contribution in [3.05, 3.63) is 71.8 Å². The van der Waals surface area contributed by atoms with Crippen molar-refractivity contribution in [2.24, 2.45) is 5.41 Å². The Balaban J connectivity index is 2.64. The Hall–Kier alpha value is -1.93. The monoisotopic (exact) mass is 282 g/mol. The van der Waals surface area contributed by atoms with Gasteiger partial charge in [0.25, 0.3) is 0 Å². The number of Topliss-reactive ketones (excluding diaryl/α,β-unsaturated/α-hetero) is 1. The Bertz CT molecular complexity index is 560. The van der Waals surface area contributed by atoms with Gasteiger partial charge in [0.05, 0.1) is 0 Å². The summed E-state index contributed by atoms with van der Waals surface area (Å²) in [4.78, 5) is 13.1. The van der Waals surface area contributed by atoms with E-state index in [0.29, 0.717) is 17.5 Å². The lowest BCUT2D eigenvalue weighted by molar-refractivity contribution is -0.143. The molecule has 0 saturated heterocycles. The molecule has 0 radical (unpaired) electrons. The van der Waals surface area contributed by atoms with Crippen LogP contribution in [0.5, 0.6) is 0 Å². The van der Waals surface area contributed by atoms with Crippen molar-refractivity contribution >= 4 is 5.78 Å². The molecule has 2 aromatic rings. The van der Waals surface area contributed by atoms with Crippen LogP contribution >= 0.6 is 0 Å². The second-order valence-electron chi connectivity index (χ2n) is 6.01. The Morgan fingerprint density at radius 2 is 1.29 bits per heavy atom. The molecule has 0 aromatic heterocycles. The maximum Gasteiger partial charge on any atom is 0.179 e. The van der Waals surface area contributed by atoms with E-state index >= 15 is 0 Å². The summed E-state index contributed by atoms with van der Waals surface area (Å²) in [7, 11) is 0. The minimum Gasteiger partial charge on any atom is -0.373 e. The molecule has 0 heterocycles. The van der Waals surface area contributed by atoms with Gasteiger partial charge in [-0.15, -0.1) is 0 Å². The van der Waals surface area contributed by atoms with Gasteiger partial charge in [-0.3, -0.25) is 4.79 Å². The second-order valence-corrected chi connectivity index (χ2v) is 6.01. The average Bonchev–Trinajstić information content (AvgIpc) is 2.55. The van der Waals surface area contributed by atoms with Crippen LogP contribution < -0.4 is 0 Å². The van der Waals surface area contributed by atoms with Gasteiger partial charge in [0.1, 0.15) is 0 Å². The SMILES string of the molecule is CCC(C)(C)C(=O)C(O)(c1ccccc1)c1ccccc1. The molecule has 2 aromatic carbocycles. The largest absolute Gasteiger partial charge is 0.373 e. The van der Waals surface area contributed by atoms with E-state index in [1.165, 1.54) is 0 Å². The van der Waals surface area contributed by atoms with Crippen molar-refractivity contribution in [3.8, 4) is 0 Å². The summed E-state index contributed by atoms with van der Waals surface area (Å²) < 4.78 is 0. The van der Waals surface area contributed by atoms with E-state index in [1.807, 2.05) is 57.2 Å². The third kappa shape index (κ3) is 2.77. The van der Waals surface area contributed by atoms with Crippen molar-refractivity contribution in [2.75, 3.05) is 0 Å². The summed E-state index contributed by atoms with van der Waals surface area (Å²) in [5, 5.41) is 11.3. The first-order valence-electron chi connectivity index (χ1n) is 7.31. The van der Waals surface area contributed by atoms with Crippen LogP contribution in [0.4, 0.5) is 0 Å². The smallest absolute Gasteiger partial charge is 0.179 e. The molecule has 0 unspecified atom stereocenters. The summed E-state index contributed by atoms with van der Waals surface area (Å²) in [6.07, 6.45) is 0.674. The van der Waals surface area contributed by atoms with Gasteiger partial charge in [0, 0.05) is 5.41 Å². The molecule has 0 aliphatic heterocycles.